The highest BCUT2D eigenvalue weighted by Crippen LogP contribution is 2.35. The van der Waals surface area contributed by atoms with Crippen LogP contribution in [0.25, 0.3) is 17.0 Å². The van der Waals surface area contributed by atoms with Gasteiger partial charge >= 0.3 is 0 Å². The third kappa shape index (κ3) is 5.16. The fraction of sp³-hybridized carbons (Fsp3) is 0.133. The molecule has 0 bridgehead atoms. The molecule has 3 amide bonds. The number of carbonyl (C=O) groups is 3. The molecule has 1 aliphatic heterocycles. The van der Waals surface area contributed by atoms with Crippen molar-refractivity contribution >= 4 is 63.4 Å². The number of amides is 3. The quantitative estimate of drug-likeness (QED) is 0.199. The molecule has 0 radical (unpaired) electrons. The average molecular weight is 555 g/mol. The number of nitrogens with zero attached hydrogens (tertiary/aromatic N) is 2. The van der Waals surface area contributed by atoms with E-state index in [9.17, 15) is 14.4 Å². The van der Waals surface area contributed by atoms with Gasteiger partial charge < -0.3 is 19.4 Å². The topological polar surface area (TPSA) is 102 Å². The second kappa shape index (κ2) is 11.0. The first-order valence-electron chi connectivity index (χ1n) is 12.4. The first-order chi connectivity index (χ1) is 19.3. The van der Waals surface area contributed by atoms with Gasteiger partial charge in [0.15, 0.2) is 5.11 Å². The number of thiocarbonyl (C=S) groups is 1. The highest BCUT2D eigenvalue weighted by molar-refractivity contribution is 7.80. The Morgan fingerprint density at radius 3 is 2.50 bits per heavy atom. The van der Waals surface area contributed by atoms with Crippen LogP contribution >= 0.6 is 12.2 Å². The van der Waals surface area contributed by atoms with Gasteiger partial charge in [0.1, 0.15) is 23.6 Å². The number of hydrogen-bond acceptors (Lipinski definition) is 6. The molecule has 10 heteroatoms. The normalized spacial score (nSPS) is 14.4. The molecule has 0 spiro atoms. The van der Waals surface area contributed by atoms with E-state index in [2.05, 4.69) is 10.6 Å². The Bertz CT molecular complexity index is 1690. The van der Waals surface area contributed by atoms with Gasteiger partial charge in [-0.3, -0.25) is 19.7 Å². The number of aromatic nitrogens is 1. The van der Waals surface area contributed by atoms with Gasteiger partial charge in [-0.05, 0) is 55.5 Å². The lowest BCUT2D eigenvalue weighted by atomic mass is 10.1. The molecule has 2 N–H and O–H groups in total. The van der Waals surface area contributed by atoms with Gasteiger partial charge in [-0.2, -0.15) is 0 Å². The van der Waals surface area contributed by atoms with E-state index in [1.807, 2.05) is 55.5 Å². The molecule has 9 nitrogen and oxygen atoms in total. The van der Waals surface area contributed by atoms with E-state index in [-0.39, 0.29) is 23.1 Å². The maximum atomic E-state index is 13.7. The number of methoxy groups -OCH3 is 2. The van der Waals surface area contributed by atoms with E-state index < -0.39 is 11.8 Å². The Hall–Kier alpha value is -4.96. The zero-order valence-electron chi connectivity index (χ0n) is 22.1. The number of aryl methyl sites for hydroxylation is 1. The second-order valence-corrected chi connectivity index (χ2v) is 9.53. The fourth-order valence-electron chi connectivity index (χ4n) is 4.51. The van der Waals surface area contributed by atoms with E-state index in [1.165, 1.54) is 25.2 Å². The summed E-state index contributed by atoms with van der Waals surface area (Å²) in [7, 11) is 2.99. The molecule has 0 unspecified atom stereocenters. The molecule has 1 aliphatic rings. The zero-order valence-corrected chi connectivity index (χ0v) is 22.9. The van der Waals surface area contributed by atoms with Crippen molar-refractivity contribution in [2.45, 2.75) is 13.5 Å². The van der Waals surface area contributed by atoms with Gasteiger partial charge in [-0.15, -0.1) is 0 Å². The number of carbonyl (C=O) groups excluding carboxylic acids is 3. The van der Waals surface area contributed by atoms with Gasteiger partial charge in [0.25, 0.3) is 11.8 Å². The first kappa shape index (κ1) is 26.6. The molecule has 0 saturated carbocycles. The number of nitrogens with one attached hydrogen (secondary N) is 2. The summed E-state index contributed by atoms with van der Waals surface area (Å²) in [6.45, 7) is 2.02. The van der Waals surface area contributed by atoms with Crippen molar-refractivity contribution in [2.24, 2.45) is 0 Å². The first-order valence-corrected chi connectivity index (χ1v) is 12.8. The zero-order chi connectivity index (χ0) is 28.4. The third-order valence-corrected chi connectivity index (χ3v) is 6.78. The lowest BCUT2D eigenvalue weighted by Gasteiger charge is -2.30. The molecule has 40 heavy (non-hydrogen) atoms. The van der Waals surface area contributed by atoms with E-state index >= 15 is 0 Å². The number of hydrogen-bond donors (Lipinski definition) is 2. The molecule has 0 atom stereocenters. The van der Waals surface area contributed by atoms with Crippen molar-refractivity contribution in [1.29, 1.82) is 0 Å². The van der Waals surface area contributed by atoms with Crippen LogP contribution in [0, 0.1) is 6.92 Å². The number of ether oxygens (including phenoxy) is 2. The van der Waals surface area contributed by atoms with Gasteiger partial charge in [0.05, 0.1) is 19.9 Å². The van der Waals surface area contributed by atoms with E-state index in [1.54, 1.807) is 29.0 Å². The van der Waals surface area contributed by atoms with Gasteiger partial charge in [0.2, 0.25) is 5.91 Å². The smallest absolute Gasteiger partial charge is 0.270 e. The molecule has 1 fully saturated rings. The summed E-state index contributed by atoms with van der Waals surface area (Å²) in [6, 6.07) is 19.9. The van der Waals surface area contributed by atoms with Crippen molar-refractivity contribution in [3.05, 3.63) is 89.6 Å². The van der Waals surface area contributed by atoms with Gasteiger partial charge in [-0.1, -0.05) is 35.9 Å². The van der Waals surface area contributed by atoms with Crippen LogP contribution < -0.4 is 25.0 Å². The Morgan fingerprint density at radius 2 is 1.77 bits per heavy atom. The van der Waals surface area contributed by atoms with Crippen LogP contribution in [0.3, 0.4) is 0 Å². The Kier molecular flexibility index (Phi) is 7.35. The molecular weight excluding hydrogens is 528 g/mol. The lowest BCUT2D eigenvalue weighted by Crippen LogP contribution is -2.54. The van der Waals surface area contributed by atoms with Crippen molar-refractivity contribution in [3.63, 3.8) is 0 Å². The highest BCUT2D eigenvalue weighted by atomic mass is 32.1. The molecule has 2 heterocycles. The fourth-order valence-corrected chi connectivity index (χ4v) is 4.79. The summed E-state index contributed by atoms with van der Waals surface area (Å²) in [5.41, 5.74) is 3.42. The minimum absolute atomic E-state index is 0.0387. The lowest BCUT2D eigenvalue weighted by molar-refractivity contribution is -0.122. The van der Waals surface area contributed by atoms with Crippen LogP contribution in [0.5, 0.6) is 11.5 Å². The SMILES string of the molecule is COc1ccc(N2C(=O)/C(=C/c3cn(CC(=O)Nc4ccc(C)cc4)c4ccccc34)C(=O)NC2=S)c(OC)c1. The Balaban J connectivity index is 1.49. The van der Waals surface area contributed by atoms with Crippen molar-refractivity contribution in [3.8, 4) is 11.5 Å². The predicted octanol–water partition coefficient (Wildman–Crippen LogP) is 4.44. The average Bonchev–Trinajstić information content (AvgIpc) is 3.29. The van der Waals surface area contributed by atoms with Crippen LogP contribution in [-0.4, -0.2) is 41.6 Å². The van der Waals surface area contributed by atoms with Crippen molar-refractivity contribution in [2.75, 3.05) is 24.4 Å². The number of benzene rings is 3. The molecule has 3 aromatic carbocycles. The van der Waals surface area contributed by atoms with Crippen molar-refractivity contribution in [1.82, 2.24) is 9.88 Å². The Morgan fingerprint density at radius 1 is 1.02 bits per heavy atom. The standard InChI is InChI=1S/C30H26N4O5S/c1-18-8-10-20(11-9-18)31-27(35)17-33-16-19(22-6-4-5-7-24(22)33)14-23-28(36)32-30(40)34(29(23)37)25-13-12-21(38-2)15-26(25)39-3/h4-16H,17H2,1-3H3,(H,31,35)(H,32,36,40)/b23-14+. The maximum absolute atomic E-state index is 13.7. The van der Waals surface area contributed by atoms with Gasteiger partial charge in [0, 0.05) is 34.4 Å². The molecule has 202 valence electrons. The predicted molar refractivity (Wildman–Crippen MR) is 157 cm³/mol. The molecule has 0 aliphatic carbocycles. The van der Waals surface area contributed by atoms with Crippen LogP contribution in [-0.2, 0) is 20.9 Å². The summed E-state index contributed by atoms with van der Waals surface area (Å²) in [4.78, 5) is 40.7. The summed E-state index contributed by atoms with van der Waals surface area (Å²) in [5, 5.41) is 6.21. The number of fused-ring (bicyclic) bond motifs is 1. The summed E-state index contributed by atoms with van der Waals surface area (Å²) in [6.07, 6.45) is 3.26. The highest BCUT2D eigenvalue weighted by Gasteiger charge is 2.36. The monoisotopic (exact) mass is 554 g/mol. The number of rotatable bonds is 7. The second-order valence-electron chi connectivity index (χ2n) is 9.14. The van der Waals surface area contributed by atoms with Crippen LogP contribution in [0.2, 0.25) is 0 Å². The van der Waals surface area contributed by atoms with Gasteiger partial charge in [-0.25, -0.2) is 4.90 Å². The molecule has 5 rings (SSSR count). The third-order valence-electron chi connectivity index (χ3n) is 6.50. The summed E-state index contributed by atoms with van der Waals surface area (Å²) in [5.74, 6) is -0.547. The molecular formula is C30H26N4O5S. The van der Waals surface area contributed by atoms with E-state index in [0.717, 1.165) is 16.5 Å². The number of para-hydroxylation sites is 1. The molecule has 1 aromatic heterocycles. The molecule has 4 aromatic rings. The van der Waals surface area contributed by atoms with Crippen LogP contribution in [0.15, 0.2) is 78.5 Å². The number of anilines is 2. The van der Waals surface area contributed by atoms with Crippen LogP contribution in [0.4, 0.5) is 11.4 Å². The minimum Gasteiger partial charge on any atom is -0.497 e. The molecule has 1 saturated heterocycles. The van der Waals surface area contributed by atoms with E-state index in [4.69, 9.17) is 21.7 Å². The van der Waals surface area contributed by atoms with Crippen LogP contribution in [0.1, 0.15) is 11.1 Å². The maximum Gasteiger partial charge on any atom is 0.270 e. The summed E-state index contributed by atoms with van der Waals surface area (Å²) >= 11 is 5.35. The Labute approximate surface area is 236 Å². The minimum atomic E-state index is -0.618. The van der Waals surface area contributed by atoms with Crippen molar-refractivity contribution < 1.29 is 23.9 Å². The summed E-state index contributed by atoms with van der Waals surface area (Å²) < 4.78 is 12.5. The van der Waals surface area contributed by atoms with E-state index in [0.29, 0.717) is 28.4 Å². The largest absolute Gasteiger partial charge is 0.497 e.